The molecule has 0 saturated carbocycles. The van der Waals surface area contributed by atoms with Crippen LogP contribution in [0.3, 0.4) is 0 Å². The van der Waals surface area contributed by atoms with Gasteiger partial charge in [-0.1, -0.05) is 25.2 Å². The summed E-state index contributed by atoms with van der Waals surface area (Å²) in [4.78, 5) is 17.6. The summed E-state index contributed by atoms with van der Waals surface area (Å²) in [6.07, 6.45) is 3.61. The van der Waals surface area contributed by atoms with E-state index in [-0.39, 0.29) is 0 Å². The molecule has 1 aromatic rings. The molecule has 0 aliphatic heterocycles. The predicted octanol–water partition coefficient (Wildman–Crippen LogP) is 2.83. The smallest absolute Gasteiger partial charge is 0.185 e. The van der Waals surface area contributed by atoms with Crippen molar-refractivity contribution in [3.8, 4) is 0 Å². The average molecular weight is 226 g/mol. The number of hydrogen-bond donors (Lipinski definition) is 0. The van der Waals surface area contributed by atoms with Crippen molar-refractivity contribution in [1.82, 2.24) is 4.98 Å². The highest BCUT2D eigenvalue weighted by Gasteiger charge is 2.14. The summed E-state index contributed by atoms with van der Waals surface area (Å²) in [7, 11) is 2.03. The van der Waals surface area contributed by atoms with E-state index in [0.717, 1.165) is 17.8 Å². The van der Waals surface area contributed by atoms with Crippen molar-refractivity contribution in [2.75, 3.05) is 11.9 Å². The highest BCUT2D eigenvalue weighted by atomic mass is 32.1. The van der Waals surface area contributed by atoms with Gasteiger partial charge >= 0.3 is 0 Å². The zero-order valence-electron chi connectivity index (χ0n) is 9.73. The van der Waals surface area contributed by atoms with Crippen LogP contribution in [0.2, 0.25) is 0 Å². The number of rotatable bonds is 5. The van der Waals surface area contributed by atoms with Gasteiger partial charge in [0.2, 0.25) is 0 Å². The van der Waals surface area contributed by atoms with Gasteiger partial charge in [-0.3, -0.25) is 4.79 Å². The molecule has 0 aliphatic carbocycles. The first-order chi connectivity index (χ1) is 7.04. The van der Waals surface area contributed by atoms with Gasteiger partial charge in [0.05, 0.1) is 11.1 Å². The lowest BCUT2D eigenvalue weighted by Crippen LogP contribution is -2.29. The normalized spacial score (nSPS) is 12.9. The van der Waals surface area contributed by atoms with Gasteiger partial charge in [0.25, 0.3) is 0 Å². The van der Waals surface area contributed by atoms with E-state index in [1.165, 1.54) is 11.3 Å². The van der Waals surface area contributed by atoms with Crippen molar-refractivity contribution in [2.45, 2.75) is 33.2 Å². The quantitative estimate of drug-likeness (QED) is 0.724. The number of aldehydes is 1. The monoisotopic (exact) mass is 226 g/mol. The Morgan fingerprint density at radius 2 is 2.20 bits per heavy atom. The van der Waals surface area contributed by atoms with E-state index in [9.17, 15) is 4.79 Å². The molecule has 3 nitrogen and oxygen atoms in total. The molecule has 0 radical (unpaired) electrons. The Kier molecular flexibility index (Phi) is 4.27. The van der Waals surface area contributed by atoms with Crippen LogP contribution < -0.4 is 4.90 Å². The fraction of sp³-hybridized carbons (Fsp3) is 0.636. The number of carbonyl (C=O) groups is 1. The Morgan fingerprint density at radius 3 is 2.67 bits per heavy atom. The Morgan fingerprint density at radius 1 is 1.53 bits per heavy atom. The number of carbonyl (C=O) groups excluding carboxylic acids is 1. The summed E-state index contributed by atoms with van der Waals surface area (Å²) in [5, 5.41) is 0.922. The second-order valence-corrected chi connectivity index (χ2v) is 5.29. The van der Waals surface area contributed by atoms with Crippen LogP contribution >= 0.6 is 11.3 Å². The topological polar surface area (TPSA) is 33.2 Å². The second-order valence-electron chi connectivity index (χ2n) is 4.25. The minimum Gasteiger partial charge on any atom is -0.348 e. The van der Waals surface area contributed by atoms with Crippen molar-refractivity contribution in [1.29, 1.82) is 0 Å². The summed E-state index contributed by atoms with van der Waals surface area (Å²) in [5.41, 5.74) is 0. The van der Waals surface area contributed by atoms with Crippen molar-refractivity contribution in [3.05, 3.63) is 11.1 Å². The highest BCUT2D eigenvalue weighted by Crippen LogP contribution is 2.23. The molecule has 0 fully saturated rings. The summed E-state index contributed by atoms with van der Waals surface area (Å²) in [5.74, 6) is 0.674. The van der Waals surface area contributed by atoms with E-state index in [0.29, 0.717) is 16.8 Å². The summed E-state index contributed by atoms with van der Waals surface area (Å²) in [6, 6.07) is 0.454. The number of hydrogen-bond acceptors (Lipinski definition) is 4. The van der Waals surface area contributed by atoms with E-state index >= 15 is 0 Å². The average Bonchev–Trinajstić information content (AvgIpc) is 2.63. The number of nitrogens with zero attached hydrogens (tertiary/aromatic N) is 2. The molecule has 0 N–H and O–H groups in total. The summed E-state index contributed by atoms with van der Waals surface area (Å²) >= 11 is 1.44. The highest BCUT2D eigenvalue weighted by molar-refractivity contribution is 7.17. The zero-order chi connectivity index (χ0) is 11.4. The van der Waals surface area contributed by atoms with Gasteiger partial charge < -0.3 is 4.90 Å². The van der Waals surface area contributed by atoms with Crippen LogP contribution in [0, 0.1) is 5.92 Å². The van der Waals surface area contributed by atoms with Crippen molar-refractivity contribution < 1.29 is 4.79 Å². The van der Waals surface area contributed by atoms with E-state index in [4.69, 9.17) is 0 Å². The third-order valence-corrected chi connectivity index (χ3v) is 3.42. The first-order valence-corrected chi connectivity index (χ1v) is 6.00. The first kappa shape index (κ1) is 12.2. The fourth-order valence-electron chi connectivity index (χ4n) is 1.52. The maximum atomic E-state index is 10.5. The molecule has 84 valence electrons. The number of aromatic nitrogens is 1. The van der Waals surface area contributed by atoms with Gasteiger partial charge in [0.15, 0.2) is 11.4 Å². The lowest BCUT2D eigenvalue weighted by molar-refractivity contribution is 0.112. The third kappa shape index (κ3) is 3.30. The lowest BCUT2D eigenvalue weighted by Gasteiger charge is -2.25. The molecule has 0 spiro atoms. The molecule has 1 rings (SSSR count). The molecule has 0 aliphatic rings. The van der Waals surface area contributed by atoms with E-state index in [1.54, 1.807) is 6.20 Å². The second kappa shape index (κ2) is 5.26. The van der Waals surface area contributed by atoms with Crippen LogP contribution in [-0.2, 0) is 0 Å². The van der Waals surface area contributed by atoms with Crippen molar-refractivity contribution in [2.24, 2.45) is 5.92 Å². The van der Waals surface area contributed by atoms with Crippen LogP contribution in [0.1, 0.15) is 36.9 Å². The molecule has 1 atom stereocenters. The van der Waals surface area contributed by atoms with Gasteiger partial charge in [-0.05, 0) is 19.3 Å². The first-order valence-electron chi connectivity index (χ1n) is 5.18. The van der Waals surface area contributed by atoms with Crippen LogP contribution in [0.15, 0.2) is 6.20 Å². The molecular formula is C11H18N2OS. The lowest BCUT2D eigenvalue weighted by atomic mass is 10.0. The summed E-state index contributed by atoms with van der Waals surface area (Å²) in [6.45, 7) is 6.61. The molecule has 0 amide bonds. The van der Waals surface area contributed by atoms with E-state index < -0.39 is 0 Å². The molecule has 4 heteroatoms. The van der Waals surface area contributed by atoms with E-state index in [1.807, 2.05) is 7.05 Å². The molecule has 0 saturated heterocycles. The van der Waals surface area contributed by atoms with Gasteiger partial charge in [-0.25, -0.2) is 4.98 Å². The molecule has 1 heterocycles. The Bertz CT molecular complexity index is 322. The standard InChI is InChI=1S/C11H18N2OS/c1-8(2)5-9(3)13(4)11-12-6-10(7-14)15-11/h6-9H,5H2,1-4H3. The van der Waals surface area contributed by atoms with Crippen molar-refractivity contribution in [3.63, 3.8) is 0 Å². The fourth-order valence-corrected chi connectivity index (χ4v) is 2.32. The number of thiazole rings is 1. The predicted molar refractivity (Wildman–Crippen MR) is 64.8 cm³/mol. The van der Waals surface area contributed by atoms with Crippen molar-refractivity contribution >= 4 is 22.8 Å². The third-order valence-electron chi connectivity index (χ3n) is 2.40. The summed E-state index contributed by atoms with van der Waals surface area (Å²) < 4.78 is 0. The van der Waals surface area contributed by atoms with Crippen LogP contribution in [-0.4, -0.2) is 24.4 Å². The Hall–Kier alpha value is -0.900. The molecule has 1 unspecified atom stereocenters. The minimum atomic E-state index is 0.454. The zero-order valence-corrected chi connectivity index (χ0v) is 10.5. The van der Waals surface area contributed by atoms with Crippen LogP contribution in [0.5, 0.6) is 0 Å². The largest absolute Gasteiger partial charge is 0.348 e. The van der Waals surface area contributed by atoms with E-state index in [2.05, 4.69) is 30.7 Å². The van der Waals surface area contributed by atoms with Crippen LogP contribution in [0.25, 0.3) is 0 Å². The maximum Gasteiger partial charge on any atom is 0.185 e. The number of anilines is 1. The Balaban J connectivity index is 2.66. The SMILES string of the molecule is CC(C)CC(C)N(C)c1ncc(C=O)s1. The molecular weight excluding hydrogens is 208 g/mol. The van der Waals surface area contributed by atoms with Crippen LogP contribution in [0.4, 0.5) is 5.13 Å². The maximum absolute atomic E-state index is 10.5. The minimum absolute atomic E-state index is 0.454. The molecule has 0 bridgehead atoms. The van der Waals surface area contributed by atoms with Gasteiger partial charge in [-0.15, -0.1) is 0 Å². The van der Waals surface area contributed by atoms with Gasteiger partial charge in [0, 0.05) is 13.1 Å². The molecule has 15 heavy (non-hydrogen) atoms. The van der Waals surface area contributed by atoms with Gasteiger partial charge in [-0.2, -0.15) is 0 Å². The molecule has 0 aromatic carbocycles. The molecule has 1 aromatic heterocycles. The van der Waals surface area contributed by atoms with Gasteiger partial charge in [0.1, 0.15) is 0 Å². The Labute approximate surface area is 95.1 Å².